The van der Waals surface area contributed by atoms with Crippen molar-refractivity contribution in [1.29, 1.82) is 0 Å². The number of ether oxygens (including phenoxy) is 3. The van der Waals surface area contributed by atoms with Crippen LogP contribution in [0.2, 0.25) is 10.0 Å². The van der Waals surface area contributed by atoms with E-state index in [0.717, 1.165) is 5.56 Å². The molecular weight excluding hydrogens is 507 g/mol. The molecule has 8 nitrogen and oxygen atoms in total. The number of esters is 1. The van der Waals surface area contributed by atoms with Crippen LogP contribution in [-0.2, 0) is 16.1 Å². The van der Waals surface area contributed by atoms with Gasteiger partial charge in [0.15, 0.2) is 17.2 Å². The quantitative estimate of drug-likeness (QED) is 0.143. The van der Waals surface area contributed by atoms with Gasteiger partial charge in [0.2, 0.25) is 5.90 Å². The lowest BCUT2D eigenvalue weighted by Crippen LogP contribution is -2.08. The highest BCUT2D eigenvalue weighted by Crippen LogP contribution is 2.38. The normalized spacial score (nSPS) is 13.9. The van der Waals surface area contributed by atoms with Gasteiger partial charge < -0.3 is 14.2 Å². The van der Waals surface area contributed by atoms with E-state index in [1.165, 1.54) is 18.2 Å². The highest BCUT2D eigenvalue weighted by atomic mass is 35.5. The monoisotopic (exact) mass is 526 g/mol. The molecule has 36 heavy (non-hydrogen) atoms. The lowest BCUT2D eigenvalue weighted by Gasteiger charge is -2.14. The van der Waals surface area contributed by atoms with Gasteiger partial charge in [0.25, 0.3) is 5.69 Å². The third-order valence-electron chi connectivity index (χ3n) is 5.28. The van der Waals surface area contributed by atoms with Crippen molar-refractivity contribution in [1.82, 2.24) is 0 Å². The molecule has 1 aliphatic rings. The third kappa shape index (κ3) is 5.50. The lowest BCUT2D eigenvalue weighted by atomic mass is 10.1. The van der Waals surface area contributed by atoms with Crippen molar-refractivity contribution in [3.8, 4) is 11.5 Å². The molecule has 0 saturated carbocycles. The van der Waals surface area contributed by atoms with Gasteiger partial charge in [-0.15, -0.1) is 0 Å². The van der Waals surface area contributed by atoms with Crippen molar-refractivity contribution < 1.29 is 23.9 Å². The highest BCUT2D eigenvalue weighted by molar-refractivity contribution is 6.32. The fourth-order valence-electron chi connectivity index (χ4n) is 3.55. The molecule has 0 atom stereocenters. The molecule has 3 aromatic rings. The number of cyclic esters (lactones) is 1. The maximum absolute atomic E-state index is 12.5. The van der Waals surface area contributed by atoms with Crippen molar-refractivity contribution in [3.05, 3.63) is 103 Å². The minimum absolute atomic E-state index is 0.00787. The number of nitro groups is 1. The molecule has 3 aromatic carbocycles. The Morgan fingerprint density at radius 2 is 1.86 bits per heavy atom. The van der Waals surface area contributed by atoms with Gasteiger partial charge >= 0.3 is 5.97 Å². The van der Waals surface area contributed by atoms with Crippen molar-refractivity contribution >= 4 is 46.8 Å². The molecule has 1 aliphatic heterocycles. The van der Waals surface area contributed by atoms with Gasteiger partial charge in [-0.25, -0.2) is 9.79 Å². The van der Waals surface area contributed by atoms with Crippen molar-refractivity contribution in [3.63, 3.8) is 0 Å². The molecule has 0 aliphatic carbocycles. The Hall–Kier alpha value is -3.88. The van der Waals surface area contributed by atoms with Gasteiger partial charge in [-0.2, -0.15) is 0 Å². The summed E-state index contributed by atoms with van der Waals surface area (Å²) < 4.78 is 16.9. The molecule has 0 saturated heterocycles. The maximum Gasteiger partial charge on any atom is 0.363 e. The minimum Gasteiger partial charge on any atom is -0.490 e. The summed E-state index contributed by atoms with van der Waals surface area (Å²) in [7, 11) is 0. The van der Waals surface area contributed by atoms with Crippen LogP contribution in [0.5, 0.6) is 11.5 Å². The molecule has 0 radical (unpaired) electrons. The summed E-state index contributed by atoms with van der Waals surface area (Å²) in [6, 6.07) is 15.0. The molecule has 0 N–H and O–H groups in total. The first-order chi connectivity index (χ1) is 17.3. The maximum atomic E-state index is 12.5. The van der Waals surface area contributed by atoms with Crippen LogP contribution >= 0.6 is 23.2 Å². The van der Waals surface area contributed by atoms with Gasteiger partial charge in [0.05, 0.1) is 16.6 Å². The van der Waals surface area contributed by atoms with E-state index in [4.69, 9.17) is 37.4 Å². The van der Waals surface area contributed by atoms with Crippen molar-refractivity contribution in [2.24, 2.45) is 4.99 Å². The second-order valence-electron chi connectivity index (χ2n) is 7.72. The van der Waals surface area contributed by atoms with Crippen molar-refractivity contribution in [2.45, 2.75) is 20.5 Å². The molecule has 0 fully saturated rings. The summed E-state index contributed by atoms with van der Waals surface area (Å²) in [6.45, 7) is 4.01. The summed E-state index contributed by atoms with van der Waals surface area (Å²) in [6.07, 6.45) is 1.50. The summed E-state index contributed by atoms with van der Waals surface area (Å²) in [5.74, 6) is 0.0662. The molecule has 0 aromatic heterocycles. The van der Waals surface area contributed by atoms with E-state index < -0.39 is 10.9 Å². The molecule has 0 unspecified atom stereocenters. The smallest absolute Gasteiger partial charge is 0.363 e. The Morgan fingerprint density at radius 3 is 2.56 bits per heavy atom. The molecule has 4 rings (SSSR count). The number of rotatable bonds is 8. The fraction of sp³-hybridized carbons (Fsp3) is 0.154. The van der Waals surface area contributed by atoms with Crippen LogP contribution in [-0.4, -0.2) is 23.4 Å². The Bertz CT molecular complexity index is 1400. The third-order valence-corrected chi connectivity index (χ3v) is 5.82. The number of aliphatic imine (C=N–C) groups is 1. The molecule has 0 amide bonds. The van der Waals surface area contributed by atoms with E-state index in [9.17, 15) is 14.9 Å². The average molecular weight is 527 g/mol. The number of nitrogens with zero attached hydrogens (tertiary/aromatic N) is 2. The van der Waals surface area contributed by atoms with Crippen molar-refractivity contribution in [2.75, 3.05) is 6.61 Å². The molecule has 0 spiro atoms. The van der Waals surface area contributed by atoms with E-state index >= 15 is 0 Å². The highest BCUT2D eigenvalue weighted by Gasteiger charge is 2.27. The first kappa shape index (κ1) is 25.2. The number of halogens is 2. The lowest BCUT2D eigenvalue weighted by molar-refractivity contribution is -0.385. The molecule has 1 heterocycles. The Morgan fingerprint density at radius 1 is 1.11 bits per heavy atom. The summed E-state index contributed by atoms with van der Waals surface area (Å²) in [5, 5.41) is 12.2. The van der Waals surface area contributed by atoms with Crippen LogP contribution in [0, 0.1) is 17.0 Å². The number of carbonyl (C=O) groups excluding carboxylic acids is 1. The Kier molecular flexibility index (Phi) is 7.57. The van der Waals surface area contributed by atoms with Gasteiger partial charge in [-0.05, 0) is 61.4 Å². The number of hydrogen-bond acceptors (Lipinski definition) is 7. The van der Waals surface area contributed by atoms with E-state index in [1.807, 2.05) is 19.1 Å². The SMILES string of the molecule is CCOc1cc(/C=C2\N=C(c3cccc([N+](=O)[O-])c3C)OC2=O)cc(Cl)c1OCc1ccc(Cl)cc1. The zero-order valence-corrected chi connectivity index (χ0v) is 20.8. The second-order valence-corrected chi connectivity index (χ2v) is 8.56. The number of carbonyl (C=O) groups is 1. The summed E-state index contributed by atoms with van der Waals surface area (Å²) in [5.41, 5.74) is 2.07. The van der Waals surface area contributed by atoms with Crippen LogP contribution in [0.3, 0.4) is 0 Å². The number of benzene rings is 3. The molecule has 184 valence electrons. The zero-order chi connectivity index (χ0) is 25.8. The summed E-state index contributed by atoms with van der Waals surface area (Å²) >= 11 is 12.4. The van der Waals surface area contributed by atoms with Crippen LogP contribution in [0.15, 0.2) is 65.3 Å². The van der Waals surface area contributed by atoms with Crippen LogP contribution in [0.4, 0.5) is 5.69 Å². The molecular formula is C26H20Cl2N2O6. The predicted molar refractivity (Wildman–Crippen MR) is 137 cm³/mol. The van der Waals surface area contributed by atoms with Gasteiger partial charge in [0.1, 0.15) is 6.61 Å². The first-order valence-corrected chi connectivity index (χ1v) is 11.6. The van der Waals surface area contributed by atoms with Crippen LogP contribution in [0.25, 0.3) is 6.08 Å². The van der Waals surface area contributed by atoms with Crippen LogP contribution in [0.1, 0.15) is 29.2 Å². The zero-order valence-electron chi connectivity index (χ0n) is 19.3. The second kappa shape index (κ2) is 10.8. The van der Waals surface area contributed by atoms with Crippen LogP contribution < -0.4 is 9.47 Å². The molecule has 10 heteroatoms. The average Bonchev–Trinajstić information content (AvgIpc) is 3.19. The standard InChI is InChI=1S/C26H20Cl2N2O6/c1-3-34-23-13-17(11-20(28)24(23)35-14-16-7-9-18(27)10-8-16)12-21-26(31)36-25(29-21)19-5-4-6-22(15(19)2)30(32)33/h4-13H,3,14H2,1-2H3/b21-12-. The van der Waals surface area contributed by atoms with Gasteiger partial charge in [-0.3, -0.25) is 10.1 Å². The Balaban J connectivity index is 1.63. The van der Waals surface area contributed by atoms with Gasteiger partial charge in [0, 0.05) is 22.2 Å². The van der Waals surface area contributed by atoms with E-state index in [0.29, 0.717) is 39.8 Å². The number of hydrogen-bond donors (Lipinski definition) is 0. The minimum atomic E-state index is -0.687. The fourth-order valence-corrected chi connectivity index (χ4v) is 3.95. The predicted octanol–water partition coefficient (Wildman–Crippen LogP) is 6.53. The number of nitro benzene ring substituents is 1. The summed E-state index contributed by atoms with van der Waals surface area (Å²) in [4.78, 5) is 27.5. The largest absolute Gasteiger partial charge is 0.490 e. The topological polar surface area (TPSA) is 100 Å². The van der Waals surface area contributed by atoms with E-state index in [-0.39, 0.29) is 28.9 Å². The van der Waals surface area contributed by atoms with Gasteiger partial charge in [-0.1, -0.05) is 41.4 Å². The first-order valence-electron chi connectivity index (χ1n) is 10.9. The molecule has 0 bridgehead atoms. The van der Waals surface area contributed by atoms with E-state index in [2.05, 4.69) is 4.99 Å². The Labute approximate surface area is 216 Å². The van der Waals surface area contributed by atoms with E-state index in [1.54, 1.807) is 37.3 Å².